The Kier molecular flexibility index (Phi) is 6.44. The van der Waals surface area contributed by atoms with E-state index in [9.17, 15) is 9.59 Å². The topological polar surface area (TPSA) is 71.5 Å². The van der Waals surface area contributed by atoms with Crippen LogP contribution in [0, 0.1) is 0 Å². The van der Waals surface area contributed by atoms with Crippen LogP contribution in [0.3, 0.4) is 0 Å². The van der Waals surface area contributed by atoms with E-state index in [1.165, 1.54) is 11.3 Å². The third-order valence-electron chi connectivity index (χ3n) is 2.21. The molecule has 1 N–H and O–H groups in total. The van der Waals surface area contributed by atoms with Gasteiger partial charge in [0.1, 0.15) is 0 Å². The predicted octanol–water partition coefficient (Wildman–Crippen LogP) is 1.14. The number of thiazole rings is 1. The van der Waals surface area contributed by atoms with Crippen molar-refractivity contribution < 1.29 is 14.3 Å². The minimum atomic E-state index is -0.307. The molecular weight excluding hydrogens is 266 g/mol. The summed E-state index contributed by atoms with van der Waals surface area (Å²) in [5, 5.41) is 4.98. The quantitative estimate of drug-likeness (QED) is 0.761. The summed E-state index contributed by atoms with van der Waals surface area (Å²) in [6.07, 6.45) is 0.553. The molecule has 0 saturated carbocycles. The Labute approximate surface area is 116 Å². The van der Waals surface area contributed by atoms with Gasteiger partial charge < -0.3 is 15.0 Å². The van der Waals surface area contributed by atoms with Gasteiger partial charge in [0.2, 0.25) is 5.91 Å². The largest absolute Gasteiger partial charge is 0.466 e. The number of nitrogens with one attached hydrogen (secondary N) is 1. The zero-order valence-corrected chi connectivity index (χ0v) is 12.2. The fourth-order valence-corrected chi connectivity index (χ4v) is 2.04. The fourth-order valence-electron chi connectivity index (χ4n) is 1.31. The molecule has 1 rings (SSSR count). The van der Waals surface area contributed by atoms with Crippen molar-refractivity contribution in [3.05, 3.63) is 11.1 Å². The molecule has 1 aromatic rings. The second kappa shape index (κ2) is 7.85. The normalized spacial score (nSPS) is 10.5. The summed E-state index contributed by atoms with van der Waals surface area (Å²) in [5.41, 5.74) is 0.617. The maximum atomic E-state index is 11.6. The molecule has 19 heavy (non-hydrogen) atoms. The maximum Gasteiger partial charge on any atom is 0.311 e. The zero-order valence-electron chi connectivity index (χ0n) is 11.4. The Bertz CT molecular complexity index is 432. The van der Waals surface area contributed by atoms with E-state index in [1.807, 2.05) is 19.0 Å². The van der Waals surface area contributed by atoms with Gasteiger partial charge >= 0.3 is 5.97 Å². The predicted molar refractivity (Wildman–Crippen MR) is 74.3 cm³/mol. The van der Waals surface area contributed by atoms with Crippen molar-refractivity contribution in [2.75, 3.05) is 32.6 Å². The SMILES string of the molecule is CCOC(=O)Cc1csc(NC(=O)CCN(C)C)n1. The first-order valence-corrected chi connectivity index (χ1v) is 6.93. The average molecular weight is 285 g/mol. The van der Waals surface area contributed by atoms with Crippen molar-refractivity contribution in [1.29, 1.82) is 0 Å². The molecule has 7 heteroatoms. The van der Waals surface area contributed by atoms with Gasteiger partial charge in [-0.05, 0) is 21.0 Å². The summed E-state index contributed by atoms with van der Waals surface area (Å²) in [6.45, 7) is 2.80. The number of hydrogen-bond donors (Lipinski definition) is 1. The monoisotopic (exact) mass is 285 g/mol. The highest BCUT2D eigenvalue weighted by molar-refractivity contribution is 7.13. The first-order valence-electron chi connectivity index (χ1n) is 6.06. The molecule has 0 aliphatic heterocycles. The standard InChI is InChI=1S/C12H19N3O3S/c1-4-18-11(17)7-9-8-19-12(13-9)14-10(16)5-6-15(2)3/h8H,4-7H2,1-3H3,(H,13,14,16). The molecule has 0 unspecified atom stereocenters. The number of hydrogen-bond acceptors (Lipinski definition) is 6. The lowest BCUT2D eigenvalue weighted by Crippen LogP contribution is -2.20. The van der Waals surface area contributed by atoms with Gasteiger partial charge in [-0.1, -0.05) is 0 Å². The molecule has 0 atom stereocenters. The number of aromatic nitrogens is 1. The van der Waals surface area contributed by atoms with Gasteiger partial charge in [-0.3, -0.25) is 9.59 Å². The Balaban J connectivity index is 2.42. The number of nitrogens with zero attached hydrogens (tertiary/aromatic N) is 2. The van der Waals surface area contributed by atoms with E-state index >= 15 is 0 Å². The van der Waals surface area contributed by atoms with E-state index in [-0.39, 0.29) is 18.3 Å². The van der Waals surface area contributed by atoms with Gasteiger partial charge in [0, 0.05) is 18.3 Å². The number of anilines is 1. The zero-order chi connectivity index (χ0) is 14.3. The number of esters is 1. The van der Waals surface area contributed by atoms with E-state index in [4.69, 9.17) is 4.74 Å². The number of ether oxygens (including phenoxy) is 1. The fraction of sp³-hybridized carbons (Fsp3) is 0.583. The van der Waals surface area contributed by atoms with Crippen LogP contribution in [-0.2, 0) is 20.7 Å². The van der Waals surface area contributed by atoms with Gasteiger partial charge in [0.05, 0.1) is 18.7 Å². The highest BCUT2D eigenvalue weighted by atomic mass is 32.1. The Hall–Kier alpha value is -1.47. The minimum Gasteiger partial charge on any atom is -0.466 e. The first-order chi connectivity index (χ1) is 9.01. The smallest absolute Gasteiger partial charge is 0.311 e. The van der Waals surface area contributed by atoms with E-state index in [0.717, 1.165) is 0 Å². The Morgan fingerprint density at radius 1 is 1.47 bits per heavy atom. The molecule has 0 bridgehead atoms. The van der Waals surface area contributed by atoms with E-state index < -0.39 is 0 Å². The molecule has 1 aromatic heterocycles. The minimum absolute atomic E-state index is 0.0780. The second-order valence-corrected chi connectivity index (χ2v) is 5.09. The van der Waals surface area contributed by atoms with Gasteiger partial charge in [-0.2, -0.15) is 0 Å². The maximum absolute atomic E-state index is 11.6. The second-order valence-electron chi connectivity index (χ2n) is 4.23. The highest BCUT2D eigenvalue weighted by Crippen LogP contribution is 2.16. The summed E-state index contributed by atoms with van der Waals surface area (Å²) in [7, 11) is 3.82. The molecule has 1 heterocycles. The average Bonchev–Trinajstić information content (AvgIpc) is 2.74. The highest BCUT2D eigenvalue weighted by Gasteiger charge is 2.10. The molecule has 0 radical (unpaired) electrons. The van der Waals surface area contributed by atoms with Crippen molar-refractivity contribution in [2.45, 2.75) is 19.8 Å². The molecule has 0 saturated heterocycles. The molecular formula is C12H19N3O3S. The lowest BCUT2D eigenvalue weighted by molar-refractivity contribution is -0.142. The van der Waals surface area contributed by atoms with Crippen LogP contribution in [0.2, 0.25) is 0 Å². The Morgan fingerprint density at radius 3 is 2.84 bits per heavy atom. The van der Waals surface area contributed by atoms with Crippen LogP contribution in [0.25, 0.3) is 0 Å². The van der Waals surface area contributed by atoms with Gasteiger partial charge in [-0.25, -0.2) is 4.98 Å². The summed E-state index contributed by atoms with van der Waals surface area (Å²) in [6, 6.07) is 0. The van der Waals surface area contributed by atoms with E-state index in [0.29, 0.717) is 30.4 Å². The lowest BCUT2D eigenvalue weighted by atomic mass is 10.3. The van der Waals surface area contributed by atoms with Crippen LogP contribution in [0.4, 0.5) is 5.13 Å². The Morgan fingerprint density at radius 2 is 2.21 bits per heavy atom. The van der Waals surface area contributed by atoms with Crippen LogP contribution < -0.4 is 5.32 Å². The van der Waals surface area contributed by atoms with E-state index in [1.54, 1.807) is 12.3 Å². The number of amides is 1. The van der Waals surface area contributed by atoms with Crippen LogP contribution in [-0.4, -0.2) is 49.0 Å². The molecule has 1 amide bonds. The molecule has 106 valence electrons. The summed E-state index contributed by atoms with van der Waals surface area (Å²) >= 11 is 1.31. The van der Waals surface area contributed by atoms with Crippen LogP contribution in [0.1, 0.15) is 19.0 Å². The van der Waals surface area contributed by atoms with Crippen molar-refractivity contribution in [2.24, 2.45) is 0 Å². The van der Waals surface area contributed by atoms with Crippen LogP contribution in [0.15, 0.2) is 5.38 Å². The van der Waals surface area contributed by atoms with Crippen molar-refractivity contribution in [3.63, 3.8) is 0 Å². The number of carbonyl (C=O) groups excluding carboxylic acids is 2. The third-order valence-corrected chi connectivity index (χ3v) is 3.02. The summed E-state index contributed by atoms with van der Waals surface area (Å²) < 4.78 is 4.83. The molecule has 0 aromatic carbocycles. The summed E-state index contributed by atoms with van der Waals surface area (Å²) in [4.78, 5) is 29.0. The van der Waals surface area contributed by atoms with Gasteiger partial charge in [-0.15, -0.1) is 11.3 Å². The van der Waals surface area contributed by atoms with E-state index in [2.05, 4.69) is 10.3 Å². The molecule has 0 aliphatic rings. The van der Waals surface area contributed by atoms with Gasteiger partial charge in [0.25, 0.3) is 0 Å². The van der Waals surface area contributed by atoms with Crippen molar-refractivity contribution in [3.8, 4) is 0 Å². The lowest BCUT2D eigenvalue weighted by Gasteiger charge is -2.08. The third kappa shape index (κ3) is 6.30. The first kappa shape index (κ1) is 15.6. The number of rotatable bonds is 7. The van der Waals surface area contributed by atoms with Crippen molar-refractivity contribution >= 4 is 28.3 Å². The molecule has 0 aliphatic carbocycles. The summed E-state index contributed by atoms with van der Waals surface area (Å²) in [5.74, 6) is -0.385. The van der Waals surface area contributed by atoms with Gasteiger partial charge in [0.15, 0.2) is 5.13 Å². The van der Waals surface area contributed by atoms with Crippen molar-refractivity contribution in [1.82, 2.24) is 9.88 Å². The molecule has 0 fully saturated rings. The number of carbonyl (C=O) groups is 2. The van der Waals surface area contributed by atoms with Crippen LogP contribution >= 0.6 is 11.3 Å². The molecule has 0 spiro atoms. The van der Waals surface area contributed by atoms with Crippen LogP contribution in [0.5, 0.6) is 0 Å². The molecule has 6 nitrogen and oxygen atoms in total.